The quantitative estimate of drug-likeness (QED) is 0.0181. The molecule has 0 aliphatic heterocycles. The van der Waals surface area contributed by atoms with Crippen LogP contribution in [-0.2, 0) is 32.7 Å². The topological polar surface area (TPSA) is 155 Å². The minimum Gasteiger partial charge on any atom is -0.462 e. The van der Waals surface area contributed by atoms with Crippen LogP contribution in [0.4, 0.5) is 0 Å². The van der Waals surface area contributed by atoms with Crippen molar-refractivity contribution in [1.29, 1.82) is 0 Å². The van der Waals surface area contributed by atoms with Crippen LogP contribution in [0.2, 0.25) is 0 Å². The predicted molar refractivity (Wildman–Crippen MR) is 239 cm³/mol. The Labute approximate surface area is 350 Å². The van der Waals surface area contributed by atoms with Gasteiger partial charge in [-0.05, 0) is 89.9 Å². The van der Waals surface area contributed by atoms with Crippen molar-refractivity contribution in [3.63, 3.8) is 0 Å². The van der Waals surface area contributed by atoms with Crippen molar-refractivity contribution in [2.75, 3.05) is 26.4 Å². The van der Waals surface area contributed by atoms with Gasteiger partial charge in [-0.15, -0.1) is 0 Å². The summed E-state index contributed by atoms with van der Waals surface area (Å²) in [5, 5.41) is 10.0. The van der Waals surface area contributed by atoms with E-state index < -0.39 is 38.6 Å². The molecule has 0 bridgehead atoms. The molecule has 2 unspecified atom stereocenters. The van der Waals surface area contributed by atoms with Crippen LogP contribution in [0.3, 0.4) is 0 Å². The molecule has 58 heavy (non-hydrogen) atoms. The van der Waals surface area contributed by atoms with Gasteiger partial charge in [-0.3, -0.25) is 18.6 Å². The second kappa shape index (κ2) is 41.5. The molecule has 0 aliphatic rings. The zero-order valence-electron chi connectivity index (χ0n) is 35.3. The molecular formula is C47H74NO9P. The maximum absolute atomic E-state index is 12.6. The highest BCUT2D eigenvalue weighted by molar-refractivity contribution is 7.47. The van der Waals surface area contributed by atoms with E-state index >= 15 is 0 Å². The number of aliphatic hydroxyl groups is 1. The average Bonchev–Trinajstić information content (AvgIpc) is 3.21. The van der Waals surface area contributed by atoms with Crippen LogP contribution in [-0.4, -0.2) is 60.5 Å². The van der Waals surface area contributed by atoms with Gasteiger partial charge in [-0.25, -0.2) is 4.57 Å². The highest BCUT2D eigenvalue weighted by Crippen LogP contribution is 2.43. The van der Waals surface area contributed by atoms with Crippen LogP contribution in [0.1, 0.15) is 123 Å². The SMILES string of the molecule is CC/C=C\C/C=C\C/C=C\C/C=C\C/C=C\CCCCCC(=O)OC[C@H](COP(=O)(O)OCCN)OC(=O)CCC/C=C\C/C=C\C=C\C(O)C/C=C\C/C=C\CC. The summed E-state index contributed by atoms with van der Waals surface area (Å²) in [6, 6.07) is 0. The molecule has 0 aromatic heterocycles. The van der Waals surface area contributed by atoms with Crippen LogP contribution in [0.15, 0.2) is 122 Å². The molecule has 0 heterocycles. The van der Waals surface area contributed by atoms with Gasteiger partial charge in [-0.2, -0.15) is 0 Å². The number of phosphoric ester groups is 1. The maximum atomic E-state index is 12.6. The van der Waals surface area contributed by atoms with E-state index in [1.807, 2.05) is 42.5 Å². The molecule has 3 atom stereocenters. The van der Waals surface area contributed by atoms with Crippen molar-refractivity contribution in [1.82, 2.24) is 0 Å². The molecule has 0 saturated carbocycles. The third-order valence-corrected chi connectivity index (χ3v) is 8.91. The Morgan fingerprint density at radius 1 is 0.603 bits per heavy atom. The Hall–Kier alpha value is -3.63. The molecule has 0 aromatic rings. The fourth-order valence-corrected chi connectivity index (χ4v) is 5.60. The maximum Gasteiger partial charge on any atom is 0.472 e. The Kier molecular flexibility index (Phi) is 38.9. The van der Waals surface area contributed by atoms with E-state index in [2.05, 4.69) is 86.8 Å². The molecule has 0 radical (unpaired) electrons. The van der Waals surface area contributed by atoms with E-state index in [0.29, 0.717) is 32.1 Å². The third kappa shape index (κ3) is 40.6. The van der Waals surface area contributed by atoms with Crippen molar-refractivity contribution in [2.45, 2.75) is 135 Å². The Morgan fingerprint density at radius 2 is 1.12 bits per heavy atom. The van der Waals surface area contributed by atoms with E-state index in [-0.39, 0.29) is 32.6 Å². The summed E-state index contributed by atoms with van der Waals surface area (Å²) in [7, 11) is -4.43. The van der Waals surface area contributed by atoms with Gasteiger partial charge in [-0.1, -0.05) is 142 Å². The van der Waals surface area contributed by atoms with Crippen molar-refractivity contribution in [2.24, 2.45) is 5.73 Å². The molecule has 0 aromatic carbocycles. The summed E-state index contributed by atoms with van der Waals surface area (Å²) in [5.74, 6) is -0.990. The van der Waals surface area contributed by atoms with Crippen LogP contribution < -0.4 is 5.73 Å². The molecular weight excluding hydrogens is 753 g/mol. The minimum atomic E-state index is -4.43. The normalized spacial score (nSPS) is 15.1. The number of hydrogen-bond acceptors (Lipinski definition) is 9. The minimum absolute atomic E-state index is 0.0218. The second-order valence-corrected chi connectivity index (χ2v) is 14.7. The number of carbonyl (C=O) groups excluding carboxylic acids is 2. The van der Waals surface area contributed by atoms with Crippen molar-refractivity contribution in [3.8, 4) is 0 Å². The smallest absolute Gasteiger partial charge is 0.462 e. The van der Waals surface area contributed by atoms with Crippen LogP contribution in [0, 0.1) is 0 Å². The van der Waals surface area contributed by atoms with Gasteiger partial charge in [0.25, 0.3) is 0 Å². The standard InChI is InChI=1S/C47H74NO9P/c1-3-5-7-9-11-12-13-14-15-16-17-18-19-20-21-22-26-30-34-38-46(50)54-42-45(43-56-58(52,53)55-41-40-48)57-47(51)39-35-31-27-24-23-25-29-33-37-44(49)36-32-28-10-8-6-4-2/h5-8,11-12,14-15,17-18,20-21,24-25,27-29,32-33,37,44-45,49H,3-4,9-10,13,16,19,22-23,26,30-31,34-36,38-43,48H2,1-2H3,(H,52,53)/b7-5-,8-6-,12-11-,15-14-,18-17-,21-20-,27-24-,29-25-,32-28-,37-33+/t44?,45-/m1/s1. The molecule has 326 valence electrons. The molecule has 0 rings (SSSR count). The number of aliphatic hydroxyl groups excluding tert-OH is 1. The van der Waals surface area contributed by atoms with E-state index in [9.17, 15) is 24.2 Å². The van der Waals surface area contributed by atoms with E-state index in [0.717, 1.165) is 64.2 Å². The van der Waals surface area contributed by atoms with E-state index in [1.165, 1.54) is 0 Å². The number of rotatable bonds is 37. The molecule has 4 N–H and O–H groups in total. The summed E-state index contributed by atoms with van der Waals surface area (Å²) >= 11 is 0. The molecule has 0 aliphatic carbocycles. The number of unbranched alkanes of at least 4 members (excludes halogenated alkanes) is 4. The lowest BCUT2D eigenvalue weighted by atomic mass is 10.1. The molecule has 11 heteroatoms. The van der Waals surface area contributed by atoms with Gasteiger partial charge in [0.1, 0.15) is 6.61 Å². The van der Waals surface area contributed by atoms with Crippen molar-refractivity contribution in [3.05, 3.63) is 122 Å². The number of nitrogens with two attached hydrogens (primary N) is 1. The Balaban J connectivity index is 4.42. The number of allylic oxidation sites excluding steroid dienone is 18. The van der Waals surface area contributed by atoms with Gasteiger partial charge in [0.05, 0.1) is 19.3 Å². The fourth-order valence-electron chi connectivity index (χ4n) is 4.84. The van der Waals surface area contributed by atoms with Crippen LogP contribution in [0.5, 0.6) is 0 Å². The van der Waals surface area contributed by atoms with Crippen LogP contribution >= 0.6 is 7.82 Å². The molecule has 10 nitrogen and oxygen atoms in total. The summed E-state index contributed by atoms with van der Waals surface area (Å²) < 4.78 is 32.6. The molecule has 0 saturated heterocycles. The highest BCUT2D eigenvalue weighted by atomic mass is 31.2. The zero-order chi connectivity index (χ0) is 42.6. The van der Waals surface area contributed by atoms with Gasteiger partial charge in [0, 0.05) is 19.4 Å². The Bertz CT molecular complexity index is 1370. The lowest BCUT2D eigenvalue weighted by molar-refractivity contribution is -0.161. The Morgan fingerprint density at radius 3 is 1.71 bits per heavy atom. The predicted octanol–water partition coefficient (Wildman–Crippen LogP) is 11.1. The van der Waals surface area contributed by atoms with Gasteiger partial charge in [0.2, 0.25) is 0 Å². The molecule has 0 spiro atoms. The van der Waals surface area contributed by atoms with Gasteiger partial charge >= 0.3 is 19.8 Å². The second-order valence-electron chi connectivity index (χ2n) is 13.3. The zero-order valence-corrected chi connectivity index (χ0v) is 36.2. The first-order valence-corrected chi connectivity index (χ1v) is 22.6. The first kappa shape index (κ1) is 54.4. The van der Waals surface area contributed by atoms with E-state index in [1.54, 1.807) is 6.08 Å². The lowest BCUT2D eigenvalue weighted by Crippen LogP contribution is -2.29. The summed E-state index contributed by atoms with van der Waals surface area (Å²) in [6.07, 6.45) is 52.7. The van der Waals surface area contributed by atoms with Crippen molar-refractivity contribution < 1.29 is 42.7 Å². The monoisotopic (exact) mass is 828 g/mol. The fraction of sp³-hybridized carbons (Fsp3) is 0.532. The van der Waals surface area contributed by atoms with Gasteiger partial charge in [0.15, 0.2) is 6.10 Å². The number of esters is 2. The summed E-state index contributed by atoms with van der Waals surface area (Å²) in [5.41, 5.74) is 5.33. The van der Waals surface area contributed by atoms with Crippen molar-refractivity contribution >= 4 is 19.8 Å². The first-order valence-electron chi connectivity index (χ1n) is 21.1. The summed E-state index contributed by atoms with van der Waals surface area (Å²) in [4.78, 5) is 34.8. The highest BCUT2D eigenvalue weighted by Gasteiger charge is 2.25. The largest absolute Gasteiger partial charge is 0.472 e. The average molecular weight is 828 g/mol. The van der Waals surface area contributed by atoms with E-state index in [4.69, 9.17) is 24.3 Å². The third-order valence-electron chi connectivity index (χ3n) is 7.92. The lowest BCUT2D eigenvalue weighted by Gasteiger charge is -2.19. The number of ether oxygens (including phenoxy) is 2. The summed E-state index contributed by atoms with van der Waals surface area (Å²) in [6.45, 7) is 3.26. The first-order chi connectivity index (χ1) is 28.2. The number of carbonyl (C=O) groups is 2. The number of phosphoric acid groups is 1. The number of hydrogen-bond donors (Lipinski definition) is 3. The van der Waals surface area contributed by atoms with Crippen LogP contribution in [0.25, 0.3) is 0 Å². The molecule has 0 amide bonds. The van der Waals surface area contributed by atoms with Gasteiger partial charge < -0.3 is 25.2 Å². The molecule has 0 fully saturated rings.